The maximum absolute atomic E-state index is 12.5. The second-order valence-electron chi connectivity index (χ2n) is 3.89. The molecule has 1 aromatic heterocycles. The zero-order valence-electron chi connectivity index (χ0n) is 10.1. The summed E-state index contributed by atoms with van der Waals surface area (Å²) in [6.07, 6.45) is 1.29. The second-order valence-corrected chi connectivity index (χ2v) is 7.12. The fraction of sp³-hybridized carbons (Fsp3) is 0.200. The van der Waals surface area contributed by atoms with E-state index in [1.54, 1.807) is 0 Å². The number of benzene rings is 1. The van der Waals surface area contributed by atoms with Crippen molar-refractivity contribution >= 4 is 44.8 Å². The summed E-state index contributed by atoms with van der Waals surface area (Å²) in [5.74, 6) is 0.400. The smallest absolute Gasteiger partial charge is 0.246 e. The number of nitrogens with zero attached hydrogens (tertiary/aromatic N) is 3. The number of aromatic amines is 1. The molecule has 0 aliphatic heterocycles. The van der Waals surface area contributed by atoms with Crippen molar-refractivity contribution in [3.05, 3.63) is 39.4 Å². The largest absolute Gasteiger partial charge is 0.262 e. The summed E-state index contributed by atoms with van der Waals surface area (Å²) in [5, 5.41) is 6.42. The van der Waals surface area contributed by atoms with Crippen LogP contribution in [0.5, 0.6) is 0 Å². The first-order chi connectivity index (χ1) is 9.32. The van der Waals surface area contributed by atoms with Crippen LogP contribution in [0, 0.1) is 0 Å². The van der Waals surface area contributed by atoms with Crippen LogP contribution < -0.4 is 0 Å². The summed E-state index contributed by atoms with van der Waals surface area (Å²) < 4.78 is 26.0. The van der Waals surface area contributed by atoms with E-state index in [1.165, 1.54) is 25.5 Å². The normalized spacial score (nSPS) is 12.1. The molecule has 0 fully saturated rings. The van der Waals surface area contributed by atoms with E-state index in [9.17, 15) is 8.42 Å². The molecule has 0 saturated heterocycles. The Kier molecular flexibility index (Phi) is 4.55. The lowest BCUT2D eigenvalue weighted by Crippen LogP contribution is -2.27. The van der Waals surface area contributed by atoms with Gasteiger partial charge in [0, 0.05) is 12.1 Å². The third kappa shape index (κ3) is 3.07. The molecule has 1 aromatic carbocycles. The number of halogens is 3. The first-order valence-electron chi connectivity index (χ1n) is 5.27. The molecule has 108 valence electrons. The molecule has 0 aliphatic carbocycles. The van der Waals surface area contributed by atoms with Crippen LogP contribution in [0.25, 0.3) is 0 Å². The van der Waals surface area contributed by atoms with E-state index in [-0.39, 0.29) is 26.5 Å². The Morgan fingerprint density at radius 1 is 1.25 bits per heavy atom. The van der Waals surface area contributed by atoms with Gasteiger partial charge in [-0.2, -0.15) is 9.40 Å². The fourth-order valence-electron chi connectivity index (χ4n) is 1.53. The topological polar surface area (TPSA) is 79.0 Å². The average Bonchev–Trinajstić information content (AvgIpc) is 2.79. The molecule has 0 atom stereocenters. The summed E-state index contributed by atoms with van der Waals surface area (Å²) in [7, 11) is -2.48. The van der Waals surface area contributed by atoms with Crippen LogP contribution in [-0.2, 0) is 16.6 Å². The Hall–Kier alpha value is -0.860. The summed E-state index contributed by atoms with van der Waals surface area (Å²) in [6.45, 7) is 0.0115. The molecule has 20 heavy (non-hydrogen) atoms. The van der Waals surface area contributed by atoms with Gasteiger partial charge in [0.05, 0.1) is 16.6 Å². The van der Waals surface area contributed by atoms with Crippen LogP contribution >= 0.6 is 34.8 Å². The Bertz CT molecular complexity index is 695. The number of hydrogen-bond acceptors (Lipinski definition) is 4. The molecule has 1 heterocycles. The summed E-state index contributed by atoms with van der Waals surface area (Å²) in [6, 6.07) is 2.65. The van der Waals surface area contributed by atoms with E-state index in [4.69, 9.17) is 34.8 Å². The molecule has 6 nitrogen and oxygen atoms in total. The molecular weight excluding hydrogens is 347 g/mol. The average molecular weight is 356 g/mol. The van der Waals surface area contributed by atoms with Gasteiger partial charge in [0.1, 0.15) is 17.0 Å². The van der Waals surface area contributed by atoms with Gasteiger partial charge in [0.25, 0.3) is 0 Å². The van der Waals surface area contributed by atoms with Crippen molar-refractivity contribution in [3.8, 4) is 0 Å². The number of rotatable bonds is 4. The van der Waals surface area contributed by atoms with Gasteiger partial charge in [-0.05, 0) is 12.1 Å². The number of aromatic nitrogens is 3. The molecule has 0 unspecified atom stereocenters. The third-order valence-corrected chi connectivity index (χ3v) is 5.41. The van der Waals surface area contributed by atoms with E-state index in [1.807, 2.05) is 0 Å². The van der Waals surface area contributed by atoms with E-state index in [0.29, 0.717) is 5.82 Å². The lowest BCUT2D eigenvalue weighted by Gasteiger charge is -2.17. The summed E-state index contributed by atoms with van der Waals surface area (Å²) in [4.78, 5) is 3.67. The second kappa shape index (κ2) is 5.87. The number of nitrogens with one attached hydrogen (secondary N) is 1. The first-order valence-corrected chi connectivity index (χ1v) is 7.85. The van der Waals surface area contributed by atoms with Gasteiger partial charge in [-0.1, -0.05) is 34.8 Å². The molecule has 2 aromatic rings. The summed E-state index contributed by atoms with van der Waals surface area (Å²) in [5.41, 5.74) is 0. The SMILES string of the molecule is CN(Cc1ncn[nH]1)S(=O)(=O)c1c(Cl)cc(Cl)cc1Cl. The Morgan fingerprint density at radius 3 is 2.35 bits per heavy atom. The fourth-order valence-corrected chi connectivity index (χ4v) is 4.15. The zero-order chi connectivity index (χ0) is 14.9. The van der Waals surface area contributed by atoms with Crippen molar-refractivity contribution in [1.82, 2.24) is 19.5 Å². The molecule has 0 spiro atoms. The Labute approximate surface area is 130 Å². The minimum absolute atomic E-state index is 0.0115. The number of sulfonamides is 1. The lowest BCUT2D eigenvalue weighted by atomic mass is 10.4. The minimum atomic E-state index is -3.87. The monoisotopic (exact) mass is 354 g/mol. The maximum atomic E-state index is 12.5. The van der Waals surface area contributed by atoms with Crippen molar-refractivity contribution in [2.24, 2.45) is 0 Å². The van der Waals surface area contributed by atoms with E-state index in [2.05, 4.69) is 15.2 Å². The van der Waals surface area contributed by atoms with Crippen molar-refractivity contribution in [2.75, 3.05) is 7.05 Å². The van der Waals surface area contributed by atoms with Gasteiger partial charge >= 0.3 is 0 Å². The third-order valence-electron chi connectivity index (χ3n) is 2.47. The first kappa shape index (κ1) is 15.5. The van der Waals surface area contributed by atoms with E-state index < -0.39 is 10.0 Å². The van der Waals surface area contributed by atoms with Crippen molar-refractivity contribution in [3.63, 3.8) is 0 Å². The highest BCUT2D eigenvalue weighted by atomic mass is 35.5. The molecule has 0 aliphatic rings. The minimum Gasteiger partial charge on any atom is -0.262 e. The van der Waals surface area contributed by atoms with E-state index in [0.717, 1.165) is 4.31 Å². The molecule has 10 heteroatoms. The highest BCUT2D eigenvalue weighted by Gasteiger charge is 2.27. The summed E-state index contributed by atoms with van der Waals surface area (Å²) >= 11 is 17.6. The zero-order valence-corrected chi connectivity index (χ0v) is 13.2. The lowest BCUT2D eigenvalue weighted by molar-refractivity contribution is 0.457. The standard InChI is InChI=1S/C10H9Cl3N4O2S/c1-17(4-9-14-5-15-16-9)20(18,19)10-7(12)2-6(11)3-8(10)13/h2-3,5H,4H2,1H3,(H,14,15,16). The number of hydrogen-bond donors (Lipinski definition) is 1. The van der Waals surface area contributed by atoms with Gasteiger partial charge in [-0.3, -0.25) is 5.10 Å². The molecule has 0 amide bonds. The molecule has 0 radical (unpaired) electrons. The quantitative estimate of drug-likeness (QED) is 0.914. The molecule has 1 N–H and O–H groups in total. The van der Waals surface area contributed by atoms with Crippen LogP contribution in [0.2, 0.25) is 15.1 Å². The maximum Gasteiger partial charge on any atom is 0.246 e. The van der Waals surface area contributed by atoms with Gasteiger partial charge in [-0.15, -0.1) is 0 Å². The molecular formula is C10H9Cl3N4O2S. The van der Waals surface area contributed by atoms with Crippen LogP contribution in [-0.4, -0.2) is 35.0 Å². The van der Waals surface area contributed by atoms with Crippen LogP contribution in [0.15, 0.2) is 23.4 Å². The molecule has 0 saturated carbocycles. The van der Waals surface area contributed by atoms with Crippen LogP contribution in [0.3, 0.4) is 0 Å². The van der Waals surface area contributed by atoms with Crippen molar-refractivity contribution in [2.45, 2.75) is 11.4 Å². The Balaban J connectivity index is 2.40. The van der Waals surface area contributed by atoms with Gasteiger partial charge in [0.15, 0.2) is 0 Å². The van der Waals surface area contributed by atoms with Gasteiger partial charge in [-0.25, -0.2) is 13.4 Å². The van der Waals surface area contributed by atoms with Gasteiger partial charge in [0.2, 0.25) is 10.0 Å². The van der Waals surface area contributed by atoms with Crippen LogP contribution in [0.1, 0.15) is 5.82 Å². The molecule has 0 bridgehead atoms. The number of H-pyrrole nitrogens is 1. The van der Waals surface area contributed by atoms with Crippen LogP contribution in [0.4, 0.5) is 0 Å². The molecule has 2 rings (SSSR count). The Morgan fingerprint density at radius 2 is 1.85 bits per heavy atom. The highest BCUT2D eigenvalue weighted by molar-refractivity contribution is 7.89. The van der Waals surface area contributed by atoms with Gasteiger partial charge < -0.3 is 0 Å². The predicted molar refractivity (Wildman–Crippen MR) is 76.5 cm³/mol. The van der Waals surface area contributed by atoms with Crippen molar-refractivity contribution < 1.29 is 8.42 Å². The van der Waals surface area contributed by atoms with E-state index >= 15 is 0 Å². The predicted octanol–water partition coefficient (Wildman–Crippen LogP) is 2.59. The highest BCUT2D eigenvalue weighted by Crippen LogP contribution is 2.34. The van der Waals surface area contributed by atoms with Crippen molar-refractivity contribution in [1.29, 1.82) is 0 Å².